The highest BCUT2D eigenvalue weighted by Gasteiger charge is 2.26. The summed E-state index contributed by atoms with van der Waals surface area (Å²) in [5.74, 6) is 0.657. The number of hydrogen-bond acceptors (Lipinski definition) is 5. The molecule has 0 aromatic carbocycles. The maximum absolute atomic E-state index is 13.5. The van der Waals surface area contributed by atoms with Gasteiger partial charge >= 0.3 is 0 Å². The van der Waals surface area contributed by atoms with Crippen molar-refractivity contribution in [3.63, 3.8) is 0 Å². The van der Waals surface area contributed by atoms with Crippen LogP contribution in [0.2, 0.25) is 0 Å². The van der Waals surface area contributed by atoms with Crippen molar-refractivity contribution in [2.45, 2.75) is 58.8 Å². The van der Waals surface area contributed by atoms with E-state index in [1.54, 1.807) is 6.07 Å². The molecule has 1 saturated heterocycles. The van der Waals surface area contributed by atoms with Crippen molar-refractivity contribution in [2.24, 2.45) is 11.8 Å². The minimum Gasteiger partial charge on any atom is -0.476 e. The molecule has 2 fully saturated rings. The summed E-state index contributed by atoms with van der Waals surface area (Å²) in [7, 11) is 0. The lowest BCUT2D eigenvalue weighted by Gasteiger charge is -2.23. The third-order valence-corrected chi connectivity index (χ3v) is 5.23. The fourth-order valence-electron chi connectivity index (χ4n) is 3.18. The fourth-order valence-corrected chi connectivity index (χ4v) is 3.18. The van der Waals surface area contributed by atoms with Crippen LogP contribution < -0.4 is 15.0 Å². The molecule has 2 atom stereocenters. The lowest BCUT2D eigenvalue weighted by Crippen LogP contribution is -2.42. The number of anilines is 1. The van der Waals surface area contributed by atoms with Crippen LogP contribution in [0.25, 0.3) is 0 Å². The van der Waals surface area contributed by atoms with Gasteiger partial charge in [0, 0.05) is 15.8 Å². The smallest absolute Gasteiger partial charge is 0.270 e. The minimum absolute atomic E-state index is 0.0227. The molecule has 2 heterocycles. The first-order chi connectivity index (χ1) is 14.3. The molecule has 1 aliphatic heterocycles. The largest absolute Gasteiger partial charge is 0.476 e. The van der Waals surface area contributed by atoms with Crippen LogP contribution in [0.15, 0.2) is 12.1 Å². The highest BCUT2D eigenvalue weighted by molar-refractivity contribution is 5.93. The Morgan fingerprint density at radius 3 is 2.79 bits per heavy atom. The number of carbonyl (C=O) groups excluding carboxylic acids is 1. The number of nitrogens with zero attached hydrogens (tertiary/aromatic N) is 2. The van der Waals surface area contributed by atoms with E-state index in [9.17, 15) is 9.18 Å². The van der Waals surface area contributed by atoms with Gasteiger partial charge in [0.2, 0.25) is 5.88 Å². The molecule has 2 aliphatic rings. The minimum atomic E-state index is -2.01. The second kappa shape index (κ2) is 9.54. The fraction of sp³-hybridized carbons (Fsp3) is 0.714. The van der Waals surface area contributed by atoms with Gasteiger partial charge < -0.3 is 19.7 Å². The molecule has 156 valence electrons. The Hall–Kier alpha value is -1.89. The van der Waals surface area contributed by atoms with Crippen molar-refractivity contribution in [2.75, 3.05) is 31.2 Å². The molecule has 0 bridgehead atoms. The van der Waals surface area contributed by atoms with Gasteiger partial charge in [0.1, 0.15) is 5.69 Å². The Labute approximate surface area is 169 Å². The van der Waals surface area contributed by atoms with Gasteiger partial charge in [-0.1, -0.05) is 13.8 Å². The first-order valence-corrected chi connectivity index (χ1v) is 10.1. The van der Waals surface area contributed by atoms with E-state index < -0.39 is 19.3 Å². The Kier molecular flexibility index (Phi) is 6.19. The van der Waals surface area contributed by atoms with Crippen LogP contribution in [0.5, 0.6) is 5.88 Å². The summed E-state index contributed by atoms with van der Waals surface area (Å²) in [5.41, 5.74) is 1.16. The molecule has 1 unspecified atom stereocenters. The van der Waals surface area contributed by atoms with Crippen LogP contribution in [0.3, 0.4) is 0 Å². The second-order valence-corrected chi connectivity index (χ2v) is 7.98. The Morgan fingerprint density at radius 1 is 1.39 bits per heavy atom. The average Bonchev–Trinajstić information content (AvgIpc) is 3.39. The lowest BCUT2D eigenvalue weighted by molar-refractivity contribution is -0.0376. The monoisotopic (exact) mass is 395 g/mol. The zero-order valence-corrected chi connectivity index (χ0v) is 16.7. The summed E-state index contributed by atoms with van der Waals surface area (Å²) in [5, 5.41) is 2.84. The second-order valence-electron chi connectivity index (χ2n) is 7.98. The van der Waals surface area contributed by atoms with Crippen LogP contribution in [0.4, 0.5) is 10.1 Å². The molecule has 1 aromatic rings. The zero-order valence-electron chi connectivity index (χ0n) is 18.7. The lowest BCUT2D eigenvalue weighted by atomic mass is 10.1. The van der Waals surface area contributed by atoms with Crippen molar-refractivity contribution in [3.8, 4) is 5.88 Å². The van der Waals surface area contributed by atoms with Crippen molar-refractivity contribution in [3.05, 3.63) is 17.8 Å². The van der Waals surface area contributed by atoms with Crippen LogP contribution in [-0.2, 0) is 4.74 Å². The molecule has 7 heteroatoms. The molecule has 1 N–H and O–H groups in total. The Bertz CT molecular complexity index is 713. The summed E-state index contributed by atoms with van der Waals surface area (Å²) in [4.78, 5) is 19.5. The Balaban J connectivity index is 1.69. The number of pyridine rings is 1. The van der Waals surface area contributed by atoms with Gasteiger partial charge in [0.25, 0.3) is 5.91 Å². The molecule has 1 amide bonds. The van der Waals surface area contributed by atoms with Crippen molar-refractivity contribution in [1.82, 2.24) is 10.3 Å². The topological polar surface area (TPSA) is 63.7 Å². The number of amides is 1. The third kappa shape index (κ3) is 5.80. The Morgan fingerprint density at radius 2 is 2.14 bits per heavy atom. The van der Waals surface area contributed by atoms with E-state index in [2.05, 4.69) is 15.2 Å². The maximum Gasteiger partial charge on any atom is 0.270 e. The number of rotatable bonds is 10. The number of aromatic nitrogens is 1. The number of ether oxygens (including phenoxy) is 2. The highest BCUT2D eigenvalue weighted by atomic mass is 19.1. The van der Waals surface area contributed by atoms with E-state index in [1.165, 1.54) is 12.8 Å². The molecule has 6 nitrogen and oxygen atoms in total. The third-order valence-electron chi connectivity index (χ3n) is 5.23. The summed E-state index contributed by atoms with van der Waals surface area (Å²) in [6.07, 6.45) is 2.59. The summed E-state index contributed by atoms with van der Waals surface area (Å²) < 4.78 is 38.5. The molecular weight excluding hydrogens is 361 g/mol. The number of carbonyl (C=O) groups is 1. The molecule has 1 aromatic heterocycles. The molecule has 0 spiro atoms. The van der Waals surface area contributed by atoms with Gasteiger partial charge in [-0.05, 0) is 56.5 Å². The maximum atomic E-state index is 13.5. The van der Waals surface area contributed by atoms with E-state index in [-0.39, 0.29) is 24.1 Å². The SMILES string of the molecule is [2H]C([2H])C(F)OC[C@@H](NC(=O)c1ccc(N2CCCC2)c(OCC2CC2)n1)C(C)C. The standard InChI is InChI=1S/C21H32FN3O3/c1-14(2)18(13-27-15(3)22)23-20(26)17-8-9-19(25-10-4-5-11-25)21(24-17)28-12-16-6-7-16/h8-9,14-16,18H,4-7,10-13H2,1-3H3,(H,23,26)/t15?,18-/m1/s1/i3D2. The van der Waals surface area contributed by atoms with Crippen LogP contribution in [-0.4, -0.2) is 49.6 Å². The van der Waals surface area contributed by atoms with Crippen LogP contribution in [0, 0.1) is 11.8 Å². The quantitative estimate of drug-likeness (QED) is 0.656. The van der Waals surface area contributed by atoms with E-state index >= 15 is 0 Å². The molecule has 3 rings (SSSR count). The highest BCUT2D eigenvalue weighted by Crippen LogP contribution is 2.33. The van der Waals surface area contributed by atoms with Crippen molar-refractivity contribution >= 4 is 11.6 Å². The van der Waals surface area contributed by atoms with Crippen LogP contribution in [0.1, 0.15) is 59.6 Å². The molecule has 1 aliphatic carbocycles. The van der Waals surface area contributed by atoms with Gasteiger partial charge in [-0.2, -0.15) is 0 Å². The number of hydrogen-bond donors (Lipinski definition) is 1. The summed E-state index contributed by atoms with van der Waals surface area (Å²) in [6.45, 7) is 4.45. The van der Waals surface area contributed by atoms with Gasteiger partial charge in [-0.25, -0.2) is 9.37 Å². The van der Waals surface area contributed by atoms with E-state index in [0.717, 1.165) is 31.6 Å². The summed E-state index contributed by atoms with van der Waals surface area (Å²) in [6, 6.07) is 3.11. The van der Waals surface area contributed by atoms with Crippen molar-refractivity contribution in [1.29, 1.82) is 0 Å². The molecule has 28 heavy (non-hydrogen) atoms. The van der Waals surface area contributed by atoms with E-state index in [1.807, 2.05) is 19.9 Å². The first kappa shape index (κ1) is 18.2. The van der Waals surface area contributed by atoms with E-state index in [0.29, 0.717) is 18.4 Å². The normalized spacial score (nSPS) is 20.1. The van der Waals surface area contributed by atoms with Crippen LogP contribution >= 0.6 is 0 Å². The summed E-state index contributed by atoms with van der Waals surface area (Å²) >= 11 is 0. The zero-order chi connectivity index (χ0) is 21.7. The molecular formula is C21H32FN3O3. The first-order valence-electron chi connectivity index (χ1n) is 11.3. The number of halogens is 1. The van der Waals surface area contributed by atoms with Gasteiger partial charge in [-0.3, -0.25) is 4.79 Å². The molecule has 0 radical (unpaired) electrons. The van der Waals surface area contributed by atoms with Gasteiger partial charge in [0.15, 0.2) is 6.36 Å². The number of alkyl halides is 1. The van der Waals surface area contributed by atoms with E-state index in [4.69, 9.17) is 12.2 Å². The predicted octanol–water partition coefficient (Wildman–Crippen LogP) is 3.56. The van der Waals surface area contributed by atoms with Gasteiger partial charge in [0.05, 0.1) is 24.9 Å². The number of nitrogens with one attached hydrogen (secondary N) is 1. The van der Waals surface area contributed by atoms with Gasteiger partial charge in [-0.15, -0.1) is 0 Å². The average molecular weight is 396 g/mol. The predicted molar refractivity (Wildman–Crippen MR) is 107 cm³/mol. The molecule has 1 saturated carbocycles. The van der Waals surface area contributed by atoms with Crippen molar-refractivity contribution < 1.29 is 21.4 Å².